The van der Waals surface area contributed by atoms with Crippen molar-refractivity contribution in [1.82, 2.24) is 40.2 Å². The molecule has 58 heavy (non-hydrogen) atoms. The van der Waals surface area contributed by atoms with E-state index >= 15 is 4.39 Å². The van der Waals surface area contributed by atoms with E-state index in [4.69, 9.17) is 4.74 Å². The summed E-state index contributed by atoms with van der Waals surface area (Å²) >= 11 is 0. The standard InChI is InChI=1S/C43H51FN10O4/c1-43(11-12-43)58-29-2-4-33-31(20-29)40(49-48-33)34-21-37(46-26-45-34)53-15-10-28(24-53)23-51-18-16-50(17-19-51)22-27-8-13-52(14-9-27)35-5-3-30-32(39(35)44)25-54(42(30)57)36-6-7-38(55)47-41(36)56/h2-5,20-21,26-28,36H,6-19,22-25H2,1H3,(H,48,49)(H,47,55,56)/t28-,36?/m1/s1. The van der Waals surface area contributed by atoms with Gasteiger partial charge < -0.3 is 29.2 Å². The summed E-state index contributed by atoms with van der Waals surface area (Å²) in [6.45, 7) is 12.1. The number of carbonyl (C=O) groups excluding carboxylic acids is 3. The number of halogens is 1. The average Bonchev–Trinajstić information content (AvgIpc) is 3.52. The summed E-state index contributed by atoms with van der Waals surface area (Å²) < 4.78 is 22.2. The van der Waals surface area contributed by atoms with Gasteiger partial charge >= 0.3 is 0 Å². The number of nitrogens with one attached hydrogen (secondary N) is 2. The van der Waals surface area contributed by atoms with Crippen molar-refractivity contribution in [2.24, 2.45) is 11.8 Å². The van der Waals surface area contributed by atoms with Crippen molar-refractivity contribution in [2.45, 2.75) is 70.1 Å². The fourth-order valence-corrected chi connectivity index (χ4v) is 9.73. The third kappa shape index (κ3) is 7.27. The fourth-order valence-electron chi connectivity index (χ4n) is 9.73. The van der Waals surface area contributed by atoms with Crippen LogP contribution in [0.1, 0.15) is 67.8 Å². The summed E-state index contributed by atoms with van der Waals surface area (Å²) in [5.74, 6) is 1.42. The second-order valence-corrected chi connectivity index (χ2v) is 17.6. The number of imide groups is 1. The smallest absolute Gasteiger partial charge is 0.255 e. The van der Waals surface area contributed by atoms with E-state index < -0.39 is 11.9 Å². The Balaban J connectivity index is 0.683. The third-order valence-electron chi connectivity index (χ3n) is 13.4. The van der Waals surface area contributed by atoms with Gasteiger partial charge in [0.15, 0.2) is 5.82 Å². The van der Waals surface area contributed by atoms with E-state index in [9.17, 15) is 14.4 Å². The van der Waals surface area contributed by atoms with Gasteiger partial charge in [0.2, 0.25) is 11.8 Å². The minimum absolute atomic E-state index is 0.0469. The molecule has 1 unspecified atom stereocenters. The Morgan fingerprint density at radius 3 is 2.36 bits per heavy atom. The number of H-pyrrole nitrogens is 1. The number of nitrogens with zero attached hydrogens (tertiary/aromatic N) is 8. The minimum atomic E-state index is -0.753. The van der Waals surface area contributed by atoms with Gasteiger partial charge in [-0.25, -0.2) is 14.4 Å². The molecule has 0 radical (unpaired) electrons. The molecule has 14 nitrogen and oxygen atoms in total. The molecule has 2 aromatic heterocycles. The van der Waals surface area contributed by atoms with Crippen LogP contribution >= 0.6 is 0 Å². The van der Waals surface area contributed by atoms with E-state index in [1.165, 1.54) is 4.90 Å². The molecule has 2 atom stereocenters. The van der Waals surface area contributed by atoms with Crippen molar-refractivity contribution in [3.8, 4) is 17.1 Å². The highest BCUT2D eigenvalue weighted by atomic mass is 19.1. The number of carbonyl (C=O) groups is 3. The maximum Gasteiger partial charge on any atom is 0.255 e. The molecule has 10 rings (SSSR count). The maximum absolute atomic E-state index is 16.0. The highest BCUT2D eigenvalue weighted by Gasteiger charge is 2.42. The molecule has 4 aromatic rings. The minimum Gasteiger partial charge on any atom is -0.488 e. The van der Waals surface area contributed by atoms with Crippen LogP contribution in [0, 0.1) is 17.7 Å². The second kappa shape index (κ2) is 14.9. The first-order chi connectivity index (χ1) is 28.2. The summed E-state index contributed by atoms with van der Waals surface area (Å²) in [5.41, 5.74) is 3.73. The van der Waals surface area contributed by atoms with Crippen LogP contribution in [0.2, 0.25) is 0 Å². The quantitative estimate of drug-likeness (QED) is 0.223. The highest BCUT2D eigenvalue weighted by Crippen LogP contribution is 2.41. The zero-order valence-corrected chi connectivity index (χ0v) is 33.1. The molecule has 5 fully saturated rings. The molecule has 4 saturated heterocycles. The number of aromatic amines is 1. The first-order valence-corrected chi connectivity index (χ1v) is 21.1. The number of fused-ring (bicyclic) bond motifs is 2. The molecular weight excluding hydrogens is 740 g/mol. The van der Waals surface area contributed by atoms with E-state index in [1.807, 2.05) is 12.1 Å². The van der Waals surface area contributed by atoms with Crippen molar-refractivity contribution in [3.05, 3.63) is 59.7 Å². The molecule has 15 heteroatoms. The van der Waals surface area contributed by atoms with Gasteiger partial charge in [-0.15, -0.1) is 0 Å². The van der Waals surface area contributed by atoms with Crippen LogP contribution in [0.5, 0.6) is 5.75 Å². The predicted octanol–water partition coefficient (Wildman–Crippen LogP) is 4.21. The first-order valence-electron chi connectivity index (χ1n) is 21.1. The Labute approximate surface area is 337 Å². The largest absolute Gasteiger partial charge is 0.488 e. The first kappa shape index (κ1) is 37.1. The number of anilines is 2. The molecule has 1 saturated carbocycles. The Bertz CT molecular complexity index is 2240. The van der Waals surface area contributed by atoms with Gasteiger partial charge in [-0.05, 0) is 87.6 Å². The highest BCUT2D eigenvalue weighted by molar-refractivity contribution is 6.05. The number of aromatic nitrogens is 4. The number of amides is 3. The summed E-state index contributed by atoms with van der Waals surface area (Å²) in [6, 6.07) is 10.8. The summed E-state index contributed by atoms with van der Waals surface area (Å²) in [7, 11) is 0. The van der Waals surface area contributed by atoms with Crippen molar-refractivity contribution in [3.63, 3.8) is 0 Å². The van der Waals surface area contributed by atoms with Gasteiger partial charge in [-0.2, -0.15) is 5.10 Å². The number of hydrogen-bond acceptors (Lipinski definition) is 11. The Morgan fingerprint density at radius 2 is 1.60 bits per heavy atom. The second-order valence-electron chi connectivity index (χ2n) is 17.6. The van der Waals surface area contributed by atoms with Gasteiger partial charge in [0.25, 0.3) is 5.91 Å². The summed E-state index contributed by atoms with van der Waals surface area (Å²) in [4.78, 5) is 57.6. The number of hydrogen-bond donors (Lipinski definition) is 2. The van der Waals surface area contributed by atoms with Crippen LogP contribution in [-0.4, -0.2) is 130 Å². The van der Waals surface area contributed by atoms with Crippen molar-refractivity contribution >= 4 is 40.1 Å². The third-order valence-corrected chi connectivity index (χ3v) is 13.4. The van der Waals surface area contributed by atoms with Crippen LogP contribution in [-0.2, 0) is 16.1 Å². The Kier molecular flexibility index (Phi) is 9.54. The molecule has 0 bridgehead atoms. The fraction of sp³-hybridized carbons (Fsp3) is 0.535. The lowest BCUT2D eigenvalue weighted by Crippen LogP contribution is -2.52. The van der Waals surface area contributed by atoms with Gasteiger partial charge in [-0.3, -0.25) is 24.8 Å². The summed E-state index contributed by atoms with van der Waals surface area (Å²) in [6.07, 6.45) is 7.38. The lowest BCUT2D eigenvalue weighted by atomic mass is 9.95. The molecular formula is C43H51FN10O4. The van der Waals surface area contributed by atoms with Crippen molar-refractivity contribution < 1.29 is 23.5 Å². The van der Waals surface area contributed by atoms with E-state index in [1.54, 1.807) is 18.5 Å². The maximum atomic E-state index is 16.0. The van der Waals surface area contributed by atoms with Crippen molar-refractivity contribution in [2.75, 3.05) is 75.2 Å². The molecule has 6 aliphatic rings. The molecule has 1 aliphatic carbocycles. The van der Waals surface area contributed by atoms with Crippen LogP contribution in [0.15, 0.2) is 42.7 Å². The SMILES string of the molecule is CC1(Oc2ccc3[nH]nc(-c4cc(N5CC[C@H](CN6CCN(CC7CCN(c8ccc9c(c8F)CN(C8CCC(=O)NC8=O)C9=O)CC7)CC6)C5)ncn4)c3c2)CC1. The number of ether oxygens (including phenoxy) is 1. The number of rotatable bonds is 10. The van der Waals surface area contributed by atoms with Gasteiger partial charge in [0.1, 0.15) is 35.2 Å². The number of piperazine rings is 1. The zero-order valence-electron chi connectivity index (χ0n) is 33.1. The topological polar surface area (TPSA) is 143 Å². The summed E-state index contributed by atoms with van der Waals surface area (Å²) in [5, 5.41) is 11.1. The predicted molar refractivity (Wildman–Crippen MR) is 216 cm³/mol. The normalized spacial score (nSPS) is 24.2. The Hall–Kier alpha value is -5.15. The van der Waals surface area contributed by atoms with E-state index in [0.717, 1.165) is 131 Å². The molecule has 2 aromatic carbocycles. The van der Waals surface area contributed by atoms with Crippen LogP contribution in [0.25, 0.3) is 22.3 Å². The van der Waals surface area contributed by atoms with E-state index in [-0.39, 0.29) is 42.6 Å². The lowest BCUT2D eigenvalue weighted by molar-refractivity contribution is -0.136. The zero-order chi connectivity index (χ0) is 39.5. The van der Waals surface area contributed by atoms with Gasteiger partial charge in [0.05, 0.1) is 23.4 Å². The van der Waals surface area contributed by atoms with Crippen molar-refractivity contribution in [1.29, 1.82) is 0 Å². The number of benzene rings is 2. The molecule has 0 spiro atoms. The van der Waals surface area contributed by atoms with Crippen LogP contribution < -0.4 is 19.9 Å². The molecule has 304 valence electrons. The van der Waals surface area contributed by atoms with Crippen LogP contribution in [0.3, 0.4) is 0 Å². The molecule has 2 N–H and O–H groups in total. The van der Waals surface area contributed by atoms with Crippen LogP contribution in [0.4, 0.5) is 15.9 Å². The van der Waals surface area contributed by atoms with E-state index in [2.05, 4.69) is 64.1 Å². The Morgan fingerprint density at radius 1 is 0.862 bits per heavy atom. The van der Waals surface area contributed by atoms with E-state index in [0.29, 0.717) is 28.7 Å². The monoisotopic (exact) mass is 790 g/mol. The molecule has 3 amide bonds. The average molecular weight is 791 g/mol. The van der Waals surface area contributed by atoms with Gasteiger partial charge in [-0.1, -0.05) is 0 Å². The lowest BCUT2D eigenvalue weighted by Gasteiger charge is -2.40. The van der Waals surface area contributed by atoms with Gasteiger partial charge in [0, 0.05) is 94.4 Å². The molecule has 7 heterocycles. The molecule has 5 aliphatic heterocycles. The number of piperidine rings is 2.